The number of hydrogen-bond acceptors (Lipinski definition) is 5. The fourth-order valence-electron chi connectivity index (χ4n) is 3.75. The van der Waals surface area contributed by atoms with Gasteiger partial charge in [0.05, 0.1) is 6.26 Å². The average molecular weight is 397 g/mol. The minimum atomic E-state index is -3.12. The number of nitrogens with one attached hydrogen (secondary N) is 1. The third kappa shape index (κ3) is 3.95. The van der Waals surface area contributed by atoms with Crippen LogP contribution in [0, 0.1) is 0 Å². The van der Waals surface area contributed by atoms with Gasteiger partial charge in [-0.05, 0) is 59.7 Å². The number of fused-ring (bicyclic) bond motifs is 1. The highest BCUT2D eigenvalue weighted by atomic mass is 32.2. The molecule has 1 aliphatic rings. The van der Waals surface area contributed by atoms with Gasteiger partial charge < -0.3 is 11.1 Å². The van der Waals surface area contributed by atoms with Crippen LogP contribution in [0.15, 0.2) is 54.9 Å². The number of nitrogens with two attached hydrogens (primary N) is 1. The molecule has 3 aromatic rings. The third-order valence-electron chi connectivity index (χ3n) is 5.26. The van der Waals surface area contributed by atoms with Gasteiger partial charge in [-0.25, -0.2) is 12.7 Å². The van der Waals surface area contributed by atoms with Gasteiger partial charge in [-0.1, -0.05) is 12.1 Å². The van der Waals surface area contributed by atoms with E-state index in [9.17, 15) is 8.42 Å². The summed E-state index contributed by atoms with van der Waals surface area (Å²) in [7, 11) is -3.12. The van der Waals surface area contributed by atoms with Crippen molar-refractivity contribution >= 4 is 32.2 Å². The maximum atomic E-state index is 11.7. The maximum Gasteiger partial charge on any atom is 0.211 e. The van der Waals surface area contributed by atoms with Crippen molar-refractivity contribution in [3.8, 4) is 11.1 Å². The van der Waals surface area contributed by atoms with Crippen LogP contribution in [0.4, 0.5) is 11.4 Å². The van der Waals surface area contributed by atoms with Crippen LogP contribution >= 0.6 is 0 Å². The Kier molecular flexibility index (Phi) is 4.95. The lowest BCUT2D eigenvalue weighted by atomic mass is 9.99. The van der Waals surface area contributed by atoms with Gasteiger partial charge in [0.2, 0.25) is 10.0 Å². The molecule has 0 bridgehead atoms. The summed E-state index contributed by atoms with van der Waals surface area (Å²) in [5.41, 5.74) is 9.86. The molecule has 3 N–H and O–H groups in total. The Morgan fingerprint density at radius 2 is 1.89 bits per heavy atom. The van der Waals surface area contributed by atoms with E-state index in [4.69, 9.17) is 5.73 Å². The summed E-state index contributed by atoms with van der Waals surface area (Å²) in [6.07, 6.45) is 6.48. The SMILES string of the molecule is CS(=O)(=O)N1CCC(Nc2cc(-c3cccc(N)c3)cc3ccncc23)CC1. The molecule has 0 aliphatic carbocycles. The molecule has 0 atom stereocenters. The molecule has 0 spiro atoms. The number of nitrogen functional groups attached to an aromatic ring is 1. The molecule has 7 heteroatoms. The second-order valence-corrected chi connectivity index (χ2v) is 9.31. The van der Waals surface area contributed by atoms with E-state index in [1.165, 1.54) is 6.26 Å². The number of anilines is 2. The van der Waals surface area contributed by atoms with E-state index in [1.807, 2.05) is 36.5 Å². The molecule has 28 heavy (non-hydrogen) atoms. The molecular weight excluding hydrogens is 372 g/mol. The minimum absolute atomic E-state index is 0.220. The first kappa shape index (κ1) is 18.7. The van der Waals surface area contributed by atoms with Gasteiger partial charge in [0.1, 0.15) is 0 Å². The Bertz CT molecular complexity index is 1110. The Labute approximate surface area is 165 Å². The molecule has 2 aromatic carbocycles. The summed E-state index contributed by atoms with van der Waals surface area (Å²) in [4.78, 5) is 4.28. The van der Waals surface area contributed by atoms with Gasteiger partial charge in [0, 0.05) is 48.3 Å². The van der Waals surface area contributed by atoms with Gasteiger partial charge in [-0.3, -0.25) is 4.98 Å². The van der Waals surface area contributed by atoms with Crippen molar-refractivity contribution in [1.29, 1.82) is 0 Å². The van der Waals surface area contributed by atoms with Crippen LogP contribution in [0.25, 0.3) is 21.9 Å². The number of piperidine rings is 1. The standard InChI is InChI=1S/C21H24N4O2S/c1-28(26,27)25-9-6-19(7-10-25)24-21-13-17(15-3-2-4-18(22)12-15)11-16-5-8-23-14-20(16)21/h2-5,8,11-14,19,24H,6-7,9-10,22H2,1H3. The molecule has 0 unspecified atom stereocenters. The summed E-state index contributed by atoms with van der Waals surface area (Å²) >= 11 is 0. The lowest BCUT2D eigenvalue weighted by molar-refractivity contribution is 0.332. The summed E-state index contributed by atoms with van der Waals surface area (Å²) in [6, 6.07) is 14.3. The summed E-state index contributed by atoms with van der Waals surface area (Å²) < 4.78 is 25.0. The molecule has 0 amide bonds. The van der Waals surface area contributed by atoms with E-state index >= 15 is 0 Å². The maximum absolute atomic E-state index is 11.7. The van der Waals surface area contributed by atoms with Crippen LogP contribution in [-0.4, -0.2) is 43.1 Å². The summed E-state index contributed by atoms with van der Waals surface area (Å²) in [5.74, 6) is 0. The highest BCUT2D eigenvalue weighted by Crippen LogP contribution is 2.32. The number of hydrogen-bond donors (Lipinski definition) is 2. The molecular formula is C21H24N4O2S. The predicted octanol–water partition coefficient (Wildman–Crippen LogP) is 3.32. The second-order valence-electron chi connectivity index (χ2n) is 7.33. The van der Waals surface area contributed by atoms with Crippen LogP contribution in [0.2, 0.25) is 0 Å². The van der Waals surface area contributed by atoms with Crippen LogP contribution in [-0.2, 0) is 10.0 Å². The molecule has 4 rings (SSSR count). The zero-order valence-electron chi connectivity index (χ0n) is 15.8. The van der Waals surface area contributed by atoms with E-state index in [0.29, 0.717) is 13.1 Å². The zero-order chi connectivity index (χ0) is 19.7. The van der Waals surface area contributed by atoms with Gasteiger partial charge in [-0.15, -0.1) is 0 Å². The van der Waals surface area contributed by atoms with Crippen molar-refractivity contribution in [2.75, 3.05) is 30.4 Å². The molecule has 1 fully saturated rings. The highest BCUT2D eigenvalue weighted by Gasteiger charge is 2.25. The Hall–Kier alpha value is -2.64. The second kappa shape index (κ2) is 7.41. The molecule has 146 valence electrons. The van der Waals surface area contributed by atoms with Gasteiger partial charge in [0.15, 0.2) is 0 Å². The number of aromatic nitrogens is 1. The van der Waals surface area contributed by atoms with Crippen LogP contribution in [0.3, 0.4) is 0 Å². The average Bonchev–Trinajstić information content (AvgIpc) is 2.67. The Morgan fingerprint density at radius 1 is 1.11 bits per heavy atom. The number of pyridine rings is 1. The van der Waals surface area contributed by atoms with Gasteiger partial charge in [-0.2, -0.15) is 0 Å². The van der Waals surface area contributed by atoms with Crippen molar-refractivity contribution in [3.05, 3.63) is 54.9 Å². The fourth-order valence-corrected chi connectivity index (χ4v) is 4.63. The first-order chi connectivity index (χ1) is 13.4. The predicted molar refractivity (Wildman–Crippen MR) is 115 cm³/mol. The molecule has 2 heterocycles. The monoisotopic (exact) mass is 396 g/mol. The molecule has 0 saturated carbocycles. The third-order valence-corrected chi connectivity index (χ3v) is 6.56. The molecule has 0 radical (unpaired) electrons. The quantitative estimate of drug-likeness (QED) is 0.661. The van der Waals surface area contributed by atoms with Crippen LogP contribution < -0.4 is 11.1 Å². The number of nitrogens with zero attached hydrogens (tertiary/aromatic N) is 2. The minimum Gasteiger partial charge on any atom is -0.399 e. The number of sulfonamides is 1. The van der Waals surface area contributed by atoms with E-state index < -0.39 is 10.0 Å². The fraction of sp³-hybridized carbons (Fsp3) is 0.286. The van der Waals surface area contributed by atoms with E-state index in [0.717, 1.165) is 46.1 Å². The lowest BCUT2D eigenvalue weighted by Gasteiger charge is -2.31. The van der Waals surface area contributed by atoms with Gasteiger partial charge in [0.25, 0.3) is 0 Å². The first-order valence-corrected chi connectivity index (χ1v) is 11.2. The molecule has 1 aromatic heterocycles. The molecule has 1 saturated heterocycles. The zero-order valence-corrected chi connectivity index (χ0v) is 16.6. The molecule has 1 aliphatic heterocycles. The summed E-state index contributed by atoms with van der Waals surface area (Å²) in [5, 5.41) is 5.79. The normalized spacial score (nSPS) is 16.3. The van der Waals surface area contributed by atoms with Gasteiger partial charge >= 0.3 is 0 Å². The molecule has 6 nitrogen and oxygen atoms in total. The summed E-state index contributed by atoms with van der Waals surface area (Å²) in [6.45, 7) is 1.09. The van der Waals surface area contributed by atoms with E-state index in [1.54, 1.807) is 10.5 Å². The number of benzene rings is 2. The lowest BCUT2D eigenvalue weighted by Crippen LogP contribution is -2.41. The Balaban J connectivity index is 1.65. The van der Waals surface area contributed by atoms with Crippen LogP contribution in [0.5, 0.6) is 0 Å². The van der Waals surface area contributed by atoms with Crippen molar-refractivity contribution < 1.29 is 8.42 Å². The van der Waals surface area contributed by atoms with Crippen molar-refractivity contribution in [3.63, 3.8) is 0 Å². The largest absolute Gasteiger partial charge is 0.399 e. The van der Waals surface area contributed by atoms with E-state index in [-0.39, 0.29) is 6.04 Å². The smallest absolute Gasteiger partial charge is 0.211 e. The topological polar surface area (TPSA) is 88.3 Å². The highest BCUT2D eigenvalue weighted by molar-refractivity contribution is 7.88. The number of rotatable bonds is 4. The Morgan fingerprint density at radius 3 is 2.61 bits per heavy atom. The van der Waals surface area contributed by atoms with Crippen LogP contribution in [0.1, 0.15) is 12.8 Å². The van der Waals surface area contributed by atoms with Crippen molar-refractivity contribution in [2.45, 2.75) is 18.9 Å². The van der Waals surface area contributed by atoms with Crippen molar-refractivity contribution in [1.82, 2.24) is 9.29 Å². The van der Waals surface area contributed by atoms with E-state index in [2.05, 4.69) is 22.4 Å². The van der Waals surface area contributed by atoms with Crippen molar-refractivity contribution in [2.24, 2.45) is 0 Å². The first-order valence-electron chi connectivity index (χ1n) is 9.35.